The second-order valence-electron chi connectivity index (χ2n) is 6.73. The molecule has 2 aromatic rings. The molecule has 0 amide bonds. The Morgan fingerprint density at radius 3 is 2.68 bits per heavy atom. The van der Waals surface area contributed by atoms with Crippen LogP contribution in [0, 0.1) is 17.2 Å². The van der Waals surface area contributed by atoms with Crippen LogP contribution in [0.2, 0.25) is 0 Å². The highest BCUT2D eigenvalue weighted by molar-refractivity contribution is 5.79. The van der Waals surface area contributed by atoms with Gasteiger partial charge in [0, 0.05) is 11.5 Å². The minimum atomic E-state index is 0.409. The first kappa shape index (κ1) is 15.2. The second kappa shape index (κ2) is 7.01. The van der Waals surface area contributed by atoms with Gasteiger partial charge in [0.15, 0.2) is 0 Å². The molecule has 0 radical (unpaired) electrons. The first-order valence-electron chi connectivity index (χ1n) is 8.73. The van der Waals surface area contributed by atoms with E-state index in [1.807, 2.05) is 12.1 Å². The molecule has 1 aliphatic carbocycles. The number of hydrogen-bond donors (Lipinski definition) is 0. The Hall–Kier alpha value is -1.75. The van der Waals surface area contributed by atoms with Gasteiger partial charge in [-0.3, -0.25) is 0 Å². The van der Waals surface area contributed by atoms with Crippen molar-refractivity contribution in [3.05, 3.63) is 35.6 Å². The van der Waals surface area contributed by atoms with Crippen molar-refractivity contribution in [3.8, 4) is 6.07 Å². The van der Waals surface area contributed by atoms with Crippen LogP contribution in [0.4, 0.5) is 0 Å². The van der Waals surface area contributed by atoms with E-state index in [1.54, 1.807) is 0 Å². The average Bonchev–Trinajstić information content (AvgIpc) is 2.98. The summed E-state index contributed by atoms with van der Waals surface area (Å²) in [6.45, 7) is 2.28. The molecule has 2 heteroatoms. The number of nitrogens with zero attached hydrogens (tertiary/aromatic N) is 1. The lowest BCUT2D eigenvalue weighted by atomic mass is 9.77. The van der Waals surface area contributed by atoms with Crippen LogP contribution in [-0.2, 0) is 0 Å². The number of nitriles is 1. The molecule has 22 heavy (non-hydrogen) atoms. The van der Waals surface area contributed by atoms with Gasteiger partial charge in [0.2, 0.25) is 5.76 Å². The smallest absolute Gasteiger partial charge is 0.204 e. The van der Waals surface area contributed by atoms with Gasteiger partial charge in [-0.25, -0.2) is 0 Å². The van der Waals surface area contributed by atoms with Gasteiger partial charge in [-0.05, 0) is 55.2 Å². The van der Waals surface area contributed by atoms with Crippen molar-refractivity contribution in [2.24, 2.45) is 5.92 Å². The fraction of sp³-hybridized carbons (Fsp3) is 0.550. The van der Waals surface area contributed by atoms with E-state index in [-0.39, 0.29) is 0 Å². The summed E-state index contributed by atoms with van der Waals surface area (Å²) in [5, 5.41) is 10.00. The quantitative estimate of drug-likeness (QED) is 0.619. The lowest BCUT2D eigenvalue weighted by molar-refractivity contribution is 0.303. The molecule has 0 saturated heterocycles. The summed E-state index contributed by atoms with van der Waals surface area (Å²) in [4.78, 5) is 0. The highest BCUT2D eigenvalue weighted by Gasteiger charge is 2.22. The van der Waals surface area contributed by atoms with Crippen LogP contribution in [0.25, 0.3) is 11.0 Å². The zero-order chi connectivity index (χ0) is 15.4. The fourth-order valence-electron chi connectivity index (χ4n) is 3.84. The summed E-state index contributed by atoms with van der Waals surface area (Å²) in [7, 11) is 0. The van der Waals surface area contributed by atoms with Crippen LogP contribution in [0.3, 0.4) is 0 Å². The lowest BCUT2D eigenvalue weighted by Crippen LogP contribution is -2.13. The maximum atomic E-state index is 8.93. The predicted molar refractivity (Wildman–Crippen MR) is 89.8 cm³/mol. The Bertz CT molecular complexity index is 656. The molecule has 0 unspecified atom stereocenters. The van der Waals surface area contributed by atoms with Crippen molar-refractivity contribution in [1.29, 1.82) is 5.26 Å². The molecule has 2 nitrogen and oxygen atoms in total. The van der Waals surface area contributed by atoms with Crippen LogP contribution in [0.5, 0.6) is 0 Å². The largest absolute Gasteiger partial charge is 0.446 e. The van der Waals surface area contributed by atoms with Crippen molar-refractivity contribution >= 4 is 11.0 Å². The molecular weight excluding hydrogens is 270 g/mol. The summed E-state index contributed by atoms with van der Waals surface area (Å²) in [6.07, 6.45) is 10.9. The topological polar surface area (TPSA) is 36.9 Å². The van der Waals surface area contributed by atoms with E-state index < -0.39 is 0 Å². The SMILES string of the molecule is CCCCCC1CCC(c2ccc3oc(C#N)cc3c2)CC1. The van der Waals surface area contributed by atoms with Crippen molar-refractivity contribution in [3.63, 3.8) is 0 Å². The zero-order valence-electron chi connectivity index (χ0n) is 13.5. The predicted octanol–water partition coefficient (Wildman–Crippen LogP) is 6.16. The molecule has 1 aromatic carbocycles. The highest BCUT2D eigenvalue weighted by Crippen LogP contribution is 2.38. The fourth-order valence-corrected chi connectivity index (χ4v) is 3.84. The first-order valence-corrected chi connectivity index (χ1v) is 8.73. The number of fused-ring (bicyclic) bond motifs is 1. The molecule has 0 atom stereocenters. The summed E-state index contributed by atoms with van der Waals surface area (Å²) in [5.41, 5.74) is 2.25. The second-order valence-corrected chi connectivity index (χ2v) is 6.73. The molecule has 0 N–H and O–H groups in total. The van der Waals surface area contributed by atoms with Crippen LogP contribution < -0.4 is 0 Å². The zero-order valence-corrected chi connectivity index (χ0v) is 13.5. The molecule has 0 bridgehead atoms. The van der Waals surface area contributed by atoms with Gasteiger partial charge in [0.1, 0.15) is 11.7 Å². The third-order valence-corrected chi connectivity index (χ3v) is 5.18. The third-order valence-electron chi connectivity index (χ3n) is 5.18. The Labute approximate surface area is 133 Å². The van der Waals surface area contributed by atoms with Gasteiger partial charge in [-0.1, -0.05) is 38.7 Å². The number of furan rings is 1. The standard InChI is InChI=1S/C20H25NO/c1-2-3-4-5-15-6-8-16(9-7-15)17-10-11-20-18(12-17)13-19(14-21)22-20/h10-13,15-16H,2-9H2,1H3. The number of rotatable bonds is 5. The van der Waals surface area contributed by atoms with E-state index in [9.17, 15) is 0 Å². The van der Waals surface area contributed by atoms with Gasteiger partial charge >= 0.3 is 0 Å². The molecule has 0 aliphatic heterocycles. The number of hydrogen-bond acceptors (Lipinski definition) is 2. The molecule has 1 aliphatic rings. The van der Waals surface area contributed by atoms with E-state index in [0.717, 1.165) is 16.9 Å². The van der Waals surface area contributed by atoms with Gasteiger partial charge < -0.3 is 4.42 Å². The highest BCUT2D eigenvalue weighted by atomic mass is 16.3. The Morgan fingerprint density at radius 2 is 1.95 bits per heavy atom. The Balaban J connectivity index is 1.62. The van der Waals surface area contributed by atoms with Gasteiger partial charge in [-0.2, -0.15) is 5.26 Å². The molecule has 1 aromatic heterocycles. The first-order chi connectivity index (χ1) is 10.8. The van der Waals surface area contributed by atoms with Crippen LogP contribution in [0.1, 0.15) is 75.5 Å². The third kappa shape index (κ3) is 3.35. The van der Waals surface area contributed by atoms with Crippen LogP contribution in [-0.4, -0.2) is 0 Å². The maximum absolute atomic E-state index is 8.93. The number of benzene rings is 1. The van der Waals surface area contributed by atoms with Gasteiger partial charge in [-0.15, -0.1) is 0 Å². The Morgan fingerprint density at radius 1 is 1.14 bits per heavy atom. The van der Waals surface area contributed by atoms with E-state index in [1.165, 1.54) is 56.9 Å². The molecular formula is C20H25NO. The van der Waals surface area contributed by atoms with Crippen LogP contribution >= 0.6 is 0 Å². The minimum absolute atomic E-state index is 0.409. The summed E-state index contributed by atoms with van der Waals surface area (Å²) >= 11 is 0. The minimum Gasteiger partial charge on any atom is -0.446 e. The van der Waals surface area contributed by atoms with Crippen molar-refractivity contribution < 1.29 is 4.42 Å². The molecule has 3 rings (SSSR count). The molecule has 1 fully saturated rings. The van der Waals surface area contributed by atoms with E-state index in [4.69, 9.17) is 9.68 Å². The summed E-state index contributed by atoms with van der Waals surface area (Å²) < 4.78 is 5.47. The molecule has 116 valence electrons. The normalized spacial score (nSPS) is 21.8. The van der Waals surface area contributed by atoms with Crippen molar-refractivity contribution in [1.82, 2.24) is 0 Å². The summed E-state index contributed by atoms with van der Waals surface area (Å²) in [6, 6.07) is 10.4. The monoisotopic (exact) mass is 295 g/mol. The van der Waals surface area contributed by atoms with E-state index in [0.29, 0.717) is 11.7 Å². The van der Waals surface area contributed by atoms with Gasteiger partial charge in [0.05, 0.1) is 0 Å². The molecule has 0 spiro atoms. The van der Waals surface area contributed by atoms with E-state index >= 15 is 0 Å². The van der Waals surface area contributed by atoms with Crippen molar-refractivity contribution in [2.45, 2.75) is 64.2 Å². The lowest BCUT2D eigenvalue weighted by Gasteiger charge is -2.28. The summed E-state index contributed by atoms with van der Waals surface area (Å²) in [5.74, 6) is 2.05. The van der Waals surface area contributed by atoms with Crippen molar-refractivity contribution in [2.75, 3.05) is 0 Å². The van der Waals surface area contributed by atoms with Gasteiger partial charge in [0.25, 0.3) is 0 Å². The van der Waals surface area contributed by atoms with Crippen LogP contribution in [0.15, 0.2) is 28.7 Å². The Kier molecular flexibility index (Phi) is 4.83. The number of unbranched alkanes of at least 4 members (excludes halogenated alkanes) is 2. The maximum Gasteiger partial charge on any atom is 0.204 e. The van der Waals surface area contributed by atoms with E-state index in [2.05, 4.69) is 25.1 Å². The molecule has 1 heterocycles. The average molecular weight is 295 g/mol. The molecule has 1 saturated carbocycles.